The molecule has 0 radical (unpaired) electrons. The maximum atomic E-state index is 12.0. The first kappa shape index (κ1) is 13.9. The third kappa shape index (κ3) is 3.40. The minimum Gasteiger partial charge on any atom is -0.321 e. The average Bonchev–Trinajstić information content (AvgIpc) is 2.67. The Hall–Kier alpha value is -1.16. The van der Waals surface area contributed by atoms with Crippen LogP contribution in [0.2, 0.25) is 0 Å². The Kier molecular flexibility index (Phi) is 4.87. The Labute approximate surface area is 103 Å². The van der Waals surface area contributed by atoms with Crippen LogP contribution in [0.3, 0.4) is 0 Å². The molecule has 2 N–H and O–H groups in total. The maximum Gasteiger partial charge on any atom is 0.155 e. The molecule has 0 bridgehead atoms. The second kappa shape index (κ2) is 5.96. The second-order valence-electron chi connectivity index (χ2n) is 4.65. The monoisotopic (exact) mass is 237 g/mol. The first-order valence-corrected chi connectivity index (χ1v) is 6.31. The lowest BCUT2D eigenvalue weighted by Crippen LogP contribution is -2.38. The van der Waals surface area contributed by atoms with Crippen molar-refractivity contribution in [3.8, 4) is 0 Å². The first-order chi connectivity index (χ1) is 7.99. The van der Waals surface area contributed by atoms with E-state index in [0.717, 1.165) is 24.4 Å². The molecular weight excluding hydrogens is 214 g/mol. The number of carbonyl (C=O) groups excluding carboxylic acids is 1. The number of hydrogen-bond donors (Lipinski definition) is 1. The largest absolute Gasteiger partial charge is 0.321 e. The van der Waals surface area contributed by atoms with Crippen LogP contribution in [0.1, 0.15) is 38.6 Å². The molecule has 0 fully saturated rings. The standard InChI is InChI=1S/C13H23N3O/c1-5-9(3)13(14)12(17)8-11-7-10(4)15-16(11)6-2/h7,9,13H,5-6,8,14H2,1-4H3. The quantitative estimate of drug-likeness (QED) is 0.819. The molecule has 2 atom stereocenters. The number of rotatable bonds is 6. The number of hydrogen-bond acceptors (Lipinski definition) is 3. The van der Waals surface area contributed by atoms with Crippen LogP contribution < -0.4 is 5.73 Å². The van der Waals surface area contributed by atoms with Crippen molar-refractivity contribution in [3.05, 3.63) is 17.5 Å². The molecule has 0 aliphatic carbocycles. The lowest BCUT2D eigenvalue weighted by atomic mass is 9.94. The lowest BCUT2D eigenvalue weighted by Gasteiger charge is -2.17. The van der Waals surface area contributed by atoms with Crippen LogP contribution in [0, 0.1) is 12.8 Å². The summed E-state index contributed by atoms with van der Waals surface area (Å²) in [4.78, 5) is 12.0. The van der Waals surface area contributed by atoms with Gasteiger partial charge in [-0.15, -0.1) is 0 Å². The van der Waals surface area contributed by atoms with Crippen molar-refractivity contribution in [1.29, 1.82) is 0 Å². The van der Waals surface area contributed by atoms with Crippen molar-refractivity contribution >= 4 is 5.78 Å². The Bertz CT molecular complexity index is 384. The molecule has 1 aromatic heterocycles. The molecule has 1 aromatic rings. The summed E-state index contributed by atoms with van der Waals surface area (Å²) in [5.74, 6) is 0.343. The van der Waals surface area contributed by atoms with E-state index >= 15 is 0 Å². The van der Waals surface area contributed by atoms with Crippen LogP contribution >= 0.6 is 0 Å². The number of Topliss-reactive ketones (excluding diaryl/α,β-unsaturated/α-hetero) is 1. The minimum atomic E-state index is -0.361. The van der Waals surface area contributed by atoms with Crippen molar-refractivity contribution < 1.29 is 4.79 Å². The highest BCUT2D eigenvalue weighted by atomic mass is 16.1. The van der Waals surface area contributed by atoms with Crippen molar-refractivity contribution in [2.75, 3.05) is 0 Å². The number of ketones is 1. The lowest BCUT2D eigenvalue weighted by molar-refractivity contribution is -0.120. The van der Waals surface area contributed by atoms with E-state index in [0.29, 0.717) is 6.42 Å². The van der Waals surface area contributed by atoms with E-state index in [-0.39, 0.29) is 17.7 Å². The highest BCUT2D eigenvalue weighted by molar-refractivity contribution is 5.85. The predicted molar refractivity (Wildman–Crippen MR) is 68.8 cm³/mol. The van der Waals surface area contributed by atoms with Gasteiger partial charge in [-0.25, -0.2) is 0 Å². The van der Waals surface area contributed by atoms with Crippen LogP contribution in [-0.4, -0.2) is 21.6 Å². The SMILES string of the molecule is CCC(C)C(N)C(=O)Cc1cc(C)nn1CC. The third-order valence-corrected chi connectivity index (χ3v) is 3.27. The van der Waals surface area contributed by atoms with Gasteiger partial charge in [0.25, 0.3) is 0 Å². The van der Waals surface area contributed by atoms with E-state index in [9.17, 15) is 4.79 Å². The van der Waals surface area contributed by atoms with Gasteiger partial charge in [-0.2, -0.15) is 5.10 Å². The molecule has 0 saturated carbocycles. The smallest absolute Gasteiger partial charge is 0.155 e. The molecule has 1 rings (SSSR count). The molecule has 0 aliphatic rings. The summed E-state index contributed by atoms with van der Waals surface area (Å²) in [6, 6.07) is 1.60. The van der Waals surface area contributed by atoms with E-state index in [2.05, 4.69) is 12.0 Å². The maximum absolute atomic E-state index is 12.0. The van der Waals surface area contributed by atoms with Gasteiger partial charge in [-0.3, -0.25) is 9.48 Å². The summed E-state index contributed by atoms with van der Waals surface area (Å²) in [5, 5.41) is 4.33. The Balaban J connectivity index is 2.73. The van der Waals surface area contributed by atoms with Crippen LogP contribution in [0.25, 0.3) is 0 Å². The summed E-state index contributed by atoms with van der Waals surface area (Å²) >= 11 is 0. The minimum absolute atomic E-state index is 0.106. The normalized spacial score (nSPS) is 14.6. The van der Waals surface area contributed by atoms with E-state index in [1.165, 1.54) is 0 Å². The highest BCUT2D eigenvalue weighted by Crippen LogP contribution is 2.11. The number of carbonyl (C=O) groups is 1. The van der Waals surface area contributed by atoms with Gasteiger partial charge < -0.3 is 5.73 Å². The Morgan fingerprint density at radius 1 is 1.53 bits per heavy atom. The molecule has 4 nitrogen and oxygen atoms in total. The highest BCUT2D eigenvalue weighted by Gasteiger charge is 2.20. The van der Waals surface area contributed by atoms with E-state index in [4.69, 9.17) is 5.73 Å². The van der Waals surface area contributed by atoms with Crippen LogP contribution in [0.4, 0.5) is 0 Å². The van der Waals surface area contributed by atoms with Crippen molar-refractivity contribution in [1.82, 2.24) is 9.78 Å². The molecular formula is C13H23N3O. The van der Waals surface area contributed by atoms with E-state index in [1.807, 2.05) is 31.5 Å². The molecule has 4 heteroatoms. The van der Waals surface area contributed by atoms with E-state index in [1.54, 1.807) is 0 Å². The van der Waals surface area contributed by atoms with Crippen LogP contribution in [-0.2, 0) is 17.8 Å². The Morgan fingerprint density at radius 2 is 2.18 bits per heavy atom. The number of aryl methyl sites for hydroxylation is 2. The zero-order valence-corrected chi connectivity index (χ0v) is 11.2. The van der Waals surface area contributed by atoms with Gasteiger partial charge in [0.15, 0.2) is 5.78 Å². The topological polar surface area (TPSA) is 60.9 Å². The second-order valence-corrected chi connectivity index (χ2v) is 4.65. The molecule has 1 heterocycles. The van der Waals surface area contributed by atoms with E-state index < -0.39 is 0 Å². The fourth-order valence-electron chi connectivity index (χ4n) is 1.88. The van der Waals surface area contributed by atoms with Gasteiger partial charge in [0.05, 0.1) is 18.2 Å². The van der Waals surface area contributed by atoms with Gasteiger partial charge in [0, 0.05) is 12.2 Å². The van der Waals surface area contributed by atoms with Gasteiger partial charge in [-0.05, 0) is 25.8 Å². The van der Waals surface area contributed by atoms with Crippen molar-refractivity contribution in [2.45, 2.75) is 53.1 Å². The summed E-state index contributed by atoms with van der Waals surface area (Å²) in [6.45, 7) is 8.82. The molecule has 0 saturated heterocycles. The molecule has 0 aliphatic heterocycles. The average molecular weight is 237 g/mol. The van der Waals surface area contributed by atoms with Crippen LogP contribution in [0.5, 0.6) is 0 Å². The zero-order chi connectivity index (χ0) is 13.0. The number of aromatic nitrogens is 2. The molecule has 0 aromatic carbocycles. The molecule has 17 heavy (non-hydrogen) atoms. The summed E-state index contributed by atoms with van der Waals surface area (Å²) in [7, 11) is 0. The zero-order valence-electron chi connectivity index (χ0n) is 11.2. The van der Waals surface area contributed by atoms with Crippen molar-refractivity contribution in [3.63, 3.8) is 0 Å². The summed E-state index contributed by atoms with van der Waals surface area (Å²) in [6.07, 6.45) is 1.32. The van der Waals surface area contributed by atoms with Gasteiger partial charge >= 0.3 is 0 Å². The predicted octanol–water partition coefficient (Wildman–Crippen LogP) is 1.70. The van der Waals surface area contributed by atoms with Gasteiger partial charge in [0.2, 0.25) is 0 Å². The Morgan fingerprint density at radius 3 is 2.71 bits per heavy atom. The summed E-state index contributed by atoms with van der Waals surface area (Å²) in [5.41, 5.74) is 7.86. The molecule has 0 spiro atoms. The number of nitrogens with two attached hydrogens (primary N) is 1. The third-order valence-electron chi connectivity index (χ3n) is 3.27. The molecule has 2 unspecified atom stereocenters. The van der Waals surface area contributed by atoms with Gasteiger partial charge in [-0.1, -0.05) is 20.3 Å². The summed E-state index contributed by atoms with van der Waals surface area (Å²) < 4.78 is 1.87. The van der Waals surface area contributed by atoms with Crippen molar-refractivity contribution in [2.24, 2.45) is 11.7 Å². The fraction of sp³-hybridized carbons (Fsp3) is 0.692. The number of nitrogens with zero attached hydrogens (tertiary/aromatic N) is 2. The molecule has 0 amide bonds. The molecule has 96 valence electrons. The fourth-order valence-corrected chi connectivity index (χ4v) is 1.88. The first-order valence-electron chi connectivity index (χ1n) is 6.31. The van der Waals surface area contributed by atoms with Crippen LogP contribution in [0.15, 0.2) is 6.07 Å². The van der Waals surface area contributed by atoms with Gasteiger partial charge in [0.1, 0.15) is 0 Å².